The van der Waals surface area contributed by atoms with Crippen molar-refractivity contribution in [3.8, 4) is 11.5 Å². The lowest BCUT2D eigenvalue weighted by atomic mass is 10.0. The van der Waals surface area contributed by atoms with E-state index in [4.69, 9.17) is 15.9 Å². The first-order valence-electron chi connectivity index (χ1n) is 24.1. The molecule has 0 radical (unpaired) electrons. The summed E-state index contributed by atoms with van der Waals surface area (Å²) in [6.45, 7) is 0.0370. The van der Waals surface area contributed by atoms with Crippen LogP contribution in [0.25, 0.3) is 0 Å². The molecule has 4 rings (SSSR count). The van der Waals surface area contributed by atoms with Gasteiger partial charge in [-0.3, -0.25) is 52.7 Å². The van der Waals surface area contributed by atoms with Crippen molar-refractivity contribution in [3.05, 3.63) is 95.6 Å². The molecule has 1 aliphatic heterocycles. The molecule has 26 heteroatoms. The minimum absolute atomic E-state index is 0.0116. The van der Waals surface area contributed by atoms with Gasteiger partial charge in [0, 0.05) is 25.8 Å². The third kappa shape index (κ3) is 19.3. The molecule has 9 amide bonds. The number of carbonyl (C=O) groups is 11. The van der Waals surface area contributed by atoms with Gasteiger partial charge in [-0.1, -0.05) is 54.6 Å². The fourth-order valence-electron chi connectivity index (χ4n) is 7.74. The summed E-state index contributed by atoms with van der Waals surface area (Å²) in [5.41, 5.74) is 7.85. The quantitative estimate of drug-likeness (QED) is 0.0337. The summed E-state index contributed by atoms with van der Waals surface area (Å²) in [6.07, 6.45) is -0.746. The van der Waals surface area contributed by atoms with Crippen molar-refractivity contribution in [1.29, 1.82) is 0 Å². The third-order valence-corrected chi connectivity index (χ3v) is 11.9. The number of aliphatic hydroxyl groups excluding tert-OH is 1. The Kier molecular flexibility index (Phi) is 23.1. The van der Waals surface area contributed by atoms with E-state index >= 15 is 0 Å². The Morgan fingerprint density at radius 1 is 0.579 bits per heavy atom. The van der Waals surface area contributed by atoms with Crippen LogP contribution in [-0.2, 0) is 72.0 Å². The number of rotatable bonds is 28. The van der Waals surface area contributed by atoms with Gasteiger partial charge in [-0.15, -0.1) is 0 Å². The summed E-state index contributed by atoms with van der Waals surface area (Å²) in [7, 11) is 0. The van der Waals surface area contributed by atoms with Crippen LogP contribution < -0.4 is 48.3 Å². The Hall–Kier alpha value is -8.65. The molecule has 1 heterocycles. The van der Waals surface area contributed by atoms with Crippen molar-refractivity contribution in [1.82, 2.24) is 47.4 Å². The average Bonchev–Trinajstić information content (AvgIpc) is 3.89. The van der Waals surface area contributed by atoms with Gasteiger partial charge in [0.05, 0.1) is 25.7 Å². The highest BCUT2D eigenvalue weighted by atomic mass is 16.4. The van der Waals surface area contributed by atoms with Crippen molar-refractivity contribution in [2.45, 2.75) is 107 Å². The third-order valence-electron chi connectivity index (χ3n) is 11.9. The predicted octanol–water partition coefficient (Wildman–Crippen LogP) is -3.43. The number of nitrogens with two attached hydrogens (primary N) is 1. The van der Waals surface area contributed by atoms with E-state index in [9.17, 15) is 68.1 Å². The fourth-order valence-corrected chi connectivity index (χ4v) is 7.74. The van der Waals surface area contributed by atoms with Gasteiger partial charge in [0.1, 0.15) is 53.8 Å². The van der Waals surface area contributed by atoms with Crippen LogP contribution in [0.4, 0.5) is 0 Å². The highest BCUT2D eigenvalue weighted by Gasteiger charge is 2.39. The summed E-state index contributed by atoms with van der Waals surface area (Å²) in [5, 5.41) is 66.8. The van der Waals surface area contributed by atoms with Crippen molar-refractivity contribution >= 4 is 65.1 Å². The lowest BCUT2D eigenvalue weighted by Gasteiger charge is -2.30. The van der Waals surface area contributed by atoms with E-state index in [0.29, 0.717) is 23.1 Å². The number of phenols is 2. The average molecular weight is 1060 g/mol. The van der Waals surface area contributed by atoms with Crippen LogP contribution in [0, 0.1) is 0 Å². The number of nitrogens with one attached hydrogen (secondary N) is 8. The summed E-state index contributed by atoms with van der Waals surface area (Å²) in [4.78, 5) is 144. The van der Waals surface area contributed by atoms with Crippen LogP contribution >= 0.6 is 0 Å². The zero-order valence-electron chi connectivity index (χ0n) is 41.7. The van der Waals surface area contributed by atoms with Gasteiger partial charge in [0.2, 0.25) is 53.2 Å². The smallest absolute Gasteiger partial charge is 0.325 e. The molecule has 3 aromatic rings. The zero-order valence-corrected chi connectivity index (χ0v) is 41.7. The van der Waals surface area contributed by atoms with Crippen molar-refractivity contribution in [2.75, 3.05) is 26.2 Å². The number of nitrogens with zero attached hydrogens (tertiary/aromatic N) is 1. The molecule has 26 nitrogen and oxygen atoms in total. The molecule has 3 aromatic carbocycles. The number of benzene rings is 3. The largest absolute Gasteiger partial charge is 0.508 e. The number of phenolic OH excluding ortho intramolecular Hbond substituents is 2. The van der Waals surface area contributed by atoms with E-state index in [1.54, 1.807) is 42.5 Å². The highest BCUT2D eigenvalue weighted by Crippen LogP contribution is 2.21. The number of amides is 9. The van der Waals surface area contributed by atoms with Crippen LogP contribution in [0.5, 0.6) is 11.5 Å². The Balaban J connectivity index is 1.40. The maximum Gasteiger partial charge on any atom is 0.325 e. The minimum Gasteiger partial charge on any atom is -0.508 e. The number of carbonyl (C=O) groups excluding carboxylic acids is 9. The fraction of sp³-hybridized carbons (Fsp3) is 0.420. The van der Waals surface area contributed by atoms with Gasteiger partial charge in [-0.2, -0.15) is 0 Å². The van der Waals surface area contributed by atoms with E-state index in [-0.39, 0.29) is 43.7 Å². The topological polar surface area (TPSA) is 414 Å². The Morgan fingerprint density at radius 2 is 1.09 bits per heavy atom. The maximum atomic E-state index is 14.3. The second kappa shape index (κ2) is 29.3. The molecule has 410 valence electrons. The first-order valence-corrected chi connectivity index (χ1v) is 24.1. The number of likely N-dealkylation sites (tertiary alicyclic amines) is 1. The molecule has 0 spiro atoms. The van der Waals surface area contributed by atoms with E-state index in [1.807, 2.05) is 0 Å². The van der Waals surface area contributed by atoms with Gasteiger partial charge in [-0.05, 0) is 80.5 Å². The molecule has 0 bridgehead atoms. The zero-order chi connectivity index (χ0) is 56.1. The van der Waals surface area contributed by atoms with Gasteiger partial charge < -0.3 is 78.7 Å². The maximum absolute atomic E-state index is 14.3. The summed E-state index contributed by atoms with van der Waals surface area (Å²) in [5.74, 6) is -10.5. The first-order chi connectivity index (χ1) is 36.0. The molecule has 1 saturated heterocycles. The standard InChI is InChI=1S/C50H64N10O16/c1-27(54-44(69)34(51)21-30-10-14-32(62)15-11-30)43(68)58-36(22-29-7-4-3-5-8-29)45(70)52-25-41(65)57-37(23-31-12-16-33(63)17-13-31)49(74)60-20-6-9-39(60)48(73)59-38(26-61)46(71)53-24-40(64)56-35(18-19-42(66)67)47(72)55-28(2)50(75)76/h3-5,7-8,10-17,27-28,34-39,61-63H,6,9,18-26,51H2,1-2H3,(H,52,70)(H,53,71)(H,54,69)(H,55,72)(H,56,64)(H,57,65)(H,58,68)(H,59,73)(H,66,67)(H,75,76)/t27-,28+,34+,35+,36+,37+,38+,39+/m1/s1. The number of carboxylic acids is 2. The van der Waals surface area contributed by atoms with E-state index in [2.05, 4.69) is 42.5 Å². The highest BCUT2D eigenvalue weighted by molar-refractivity contribution is 5.98. The van der Waals surface area contributed by atoms with Gasteiger partial charge in [-0.25, -0.2) is 0 Å². The molecule has 15 N–H and O–H groups in total. The van der Waals surface area contributed by atoms with Gasteiger partial charge in [0.25, 0.3) is 0 Å². The number of hydrogen-bond acceptors (Lipinski definition) is 15. The Labute approximate surface area is 435 Å². The van der Waals surface area contributed by atoms with Gasteiger partial charge in [0.15, 0.2) is 0 Å². The number of aliphatic hydroxyl groups is 1. The van der Waals surface area contributed by atoms with Crippen LogP contribution in [0.15, 0.2) is 78.9 Å². The minimum atomic E-state index is -1.67. The summed E-state index contributed by atoms with van der Waals surface area (Å²) < 4.78 is 0. The second-order valence-corrected chi connectivity index (χ2v) is 17.9. The Morgan fingerprint density at radius 3 is 1.64 bits per heavy atom. The van der Waals surface area contributed by atoms with E-state index in [0.717, 1.165) is 11.8 Å². The second-order valence-electron chi connectivity index (χ2n) is 17.9. The van der Waals surface area contributed by atoms with Crippen LogP contribution in [0.3, 0.4) is 0 Å². The SMILES string of the molecule is C[C@H](NC(=O)[C@H](CCC(=O)O)NC(=O)CNC(=O)[C@H](CO)NC(=O)[C@@H]1CCCN1C(=O)[C@H](Cc1ccc(O)cc1)NC(=O)CNC(=O)[C@H](Cc1ccccc1)NC(=O)[C@@H](C)NC(=O)[C@@H](N)Cc1ccc(O)cc1)C(=O)O. The number of aliphatic carboxylic acids is 2. The van der Waals surface area contributed by atoms with E-state index in [1.165, 1.54) is 43.3 Å². The molecule has 0 unspecified atom stereocenters. The molecule has 76 heavy (non-hydrogen) atoms. The van der Waals surface area contributed by atoms with E-state index < -0.39 is 146 Å². The van der Waals surface area contributed by atoms with Gasteiger partial charge >= 0.3 is 11.9 Å². The van der Waals surface area contributed by atoms with Crippen molar-refractivity contribution < 1.29 is 78.3 Å². The van der Waals surface area contributed by atoms with Crippen LogP contribution in [0.1, 0.15) is 56.2 Å². The first kappa shape index (κ1) is 59.9. The van der Waals surface area contributed by atoms with Crippen LogP contribution in [0.2, 0.25) is 0 Å². The molecule has 8 atom stereocenters. The summed E-state index contributed by atoms with van der Waals surface area (Å²) >= 11 is 0. The number of carboxylic acid groups (broad SMARTS) is 2. The molecule has 1 fully saturated rings. The lowest BCUT2D eigenvalue weighted by molar-refractivity contribution is -0.142. The van der Waals surface area contributed by atoms with Crippen molar-refractivity contribution in [3.63, 3.8) is 0 Å². The summed E-state index contributed by atoms with van der Waals surface area (Å²) in [6, 6.07) is 9.71. The predicted molar refractivity (Wildman–Crippen MR) is 267 cm³/mol. The molecule has 0 saturated carbocycles. The lowest BCUT2D eigenvalue weighted by Crippen LogP contribution is -2.58. The molecule has 1 aliphatic rings. The van der Waals surface area contributed by atoms with Crippen LogP contribution in [-0.4, -0.2) is 170 Å². The number of aromatic hydroxyl groups is 2. The molecular weight excluding hydrogens is 997 g/mol. The van der Waals surface area contributed by atoms with Crippen molar-refractivity contribution in [2.24, 2.45) is 5.73 Å². The molecular formula is C50H64N10O16. The molecule has 0 aromatic heterocycles. The molecule has 0 aliphatic carbocycles. The Bertz CT molecular complexity index is 2550. The normalized spacial score (nSPS) is 15.6. The number of hydrogen-bond donors (Lipinski definition) is 14. The monoisotopic (exact) mass is 1060 g/mol.